The highest BCUT2D eigenvalue weighted by Crippen LogP contribution is 1.87. The largest absolute Gasteiger partial charge is 0.468 e. The van der Waals surface area contributed by atoms with Crippen LogP contribution in [-0.4, -0.2) is 45.0 Å². The highest BCUT2D eigenvalue weighted by Gasteiger charge is 2.16. The van der Waals surface area contributed by atoms with Gasteiger partial charge in [0.05, 0.1) is 13.2 Å². The predicted octanol–water partition coefficient (Wildman–Crippen LogP) is -1.54. The maximum Gasteiger partial charge on any atom is 0.322 e. The summed E-state index contributed by atoms with van der Waals surface area (Å²) >= 11 is 0. The maximum absolute atomic E-state index is 11.0. The van der Waals surface area contributed by atoms with Gasteiger partial charge in [0, 0.05) is 6.54 Å². The minimum Gasteiger partial charge on any atom is -0.468 e. The van der Waals surface area contributed by atoms with Crippen molar-refractivity contribution in [1.29, 1.82) is 0 Å². The lowest BCUT2D eigenvalue weighted by molar-refractivity contribution is -0.137. The molecule has 78 valence electrons. The minimum atomic E-state index is -3.67. The molecule has 1 unspecified atom stereocenters. The van der Waals surface area contributed by atoms with Crippen molar-refractivity contribution < 1.29 is 23.1 Å². The normalized spacial score (nSPS) is 13.8. The molecule has 0 amide bonds. The molecule has 0 spiro atoms. The standard InChI is InChI=1S/C6H13NO5S/c1-5(8)3-7-13(10,11)4-6(9)12-2/h5,7-8H,3-4H2,1-2H3. The molecule has 2 N–H and O–H groups in total. The second-order valence-corrected chi connectivity index (χ2v) is 4.34. The number of esters is 1. The molecule has 0 heterocycles. The molecule has 0 aliphatic carbocycles. The smallest absolute Gasteiger partial charge is 0.322 e. The summed E-state index contributed by atoms with van der Waals surface area (Å²) in [6.07, 6.45) is -0.785. The van der Waals surface area contributed by atoms with Crippen molar-refractivity contribution in [2.75, 3.05) is 19.4 Å². The molecule has 0 aromatic heterocycles. The third-order valence-corrected chi connectivity index (χ3v) is 2.36. The second kappa shape index (κ2) is 5.15. The topological polar surface area (TPSA) is 92.7 Å². The third-order valence-electron chi connectivity index (χ3n) is 1.13. The predicted molar refractivity (Wildman–Crippen MR) is 45.5 cm³/mol. The van der Waals surface area contributed by atoms with Gasteiger partial charge < -0.3 is 9.84 Å². The summed E-state index contributed by atoms with van der Waals surface area (Å²) < 4.78 is 28.2. The molecule has 13 heavy (non-hydrogen) atoms. The summed E-state index contributed by atoms with van der Waals surface area (Å²) in [7, 11) is -2.57. The lowest BCUT2D eigenvalue weighted by Gasteiger charge is -2.06. The summed E-state index contributed by atoms with van der Waals surface area (Å²) in [5, 5.41) is 8.76. The Balaban J connectivity index is 4.02. The van der Waals surface area contributed by atoms with Crippen molar-refractivity contribution in [2.45, 2.75) is 13.0 Å². The number of hydrogen-bond donors (Lipinski definition) is 2. The van der Waals surface area contributed by atoms with Crippen molar-refractivity contribution >= 4 is 16.0 Å². The monoisotopic (exact) mass is 211 g/mol. The number of aliphatic hydroxyl groups is 1. The van der Waals surface area contributed by atoms with E-state index in [1.54, 1.807) is 0 Å². The van der Waals surface area contributed by atoms with Crippen LogP contribution < -0.4 is 4.72 Å². The van der Waals surface area contributed by atoms with Crippen molar-refractivity contribution in [1.82, 2.24) is 4.72 Å². The summed E-state index contributed by atoms with van der Waals surface area (Å²) in [6.45, 7) is 1.32. The molecule has 0 aromatic rings. The van der Waals surface area contributed by atoms with Gasteiger partial charge in [0.15, 0.2) is 5.75 Å². The van der Waals surface area contributed by atoms with Gasteiger partial charge in [0.2, 0.25) is 10.0 Å². The number of carbonyl (C=O) groups is 1. The highest BCUT2D eigenvalue weighted by atomic mass is 32.2. The molecule has 0 saturated heterocycles. The van der Waals surface area contributed by atoms with Crippen molar-refractivity contribution in [3.8, 4) is 0 Å². The van der Waals surface area contributed by atoms with E-state index in [4.69, 9.17) is 5.11 Å². The average molecular weight is 211 g/mol. The van der Waals surface area contributed by atoms with Gasteiger partial charge in [-0.2, -0.15) is 0 Å². The first-order chi connectivity index (χ1) is 5.87. The first-order valence-corrected chi connectivity index (χ1v) is 5.25. The zero-order valence-corrected chi connectivity index (χ0v) is 8.30. The van der Waals surface area contributed by atoms with E-state index >= 15 is 0 Å². The van der Waals surface area contributed by atoms with Gasteiger partial charge in [0.25, 0.3) is 0 Å². The minimum absolute atomic E-state index is 0.112. The number of rotatable bonds is 5. The van der Waals surface area contributed by atoms with Gasteiger partial charge in [-0.15, -0.1) is 0 Å². The fourth-order valence-electron chi connectivity index (χ4n) is 0.513. The number of carbonyl (C=O) groups excluding carboxylic acids is 1. The van der Waals surface area contributed by atoms with E-state index in [9.17, 15) is 13.2 Å². The van der Waals surface area contributed by atoms with E-state index in [1.807, 2.05) is 4.72 Å². The Hall–Kier alpha value is -0.660. The lowest BCUT2D eigenvalue weighted by atomic mass is 10.4. The Kier molecular flexibility index (Phi) is 4.89. The second-order valence-electron chi connectivity index (χ2n) is 2.53. The molecule has 1 atom stereocenters. The van der Waals surface area contributed by atoms with Crippen LogP contribution in [0.5, 0.6) is 0 Å². The first kappa shape index (κ1) is 12.3. The Labute approximate surface area is 76.9 Å². The van der Waals surface area contributed by atoms with Crippen LogP contribution >= 0.6 is 0 Å². The molecule has 0 bridgehead atoms. The quantitative estimate of drug-likeness (QED) is 0.538. The molecule has 0 aromatic carbocycles. The Morgan fingerprint density at radius 3 is 2.54 bits per heavy atom. The molecule has 0 radical (unpaired) electrons. The van der Waals surface area contributed by atoms with Crippen LogP contribution in [0, 0.1) is 0 Å². The zero-order valence-electron chi connectivity index (χ0n) is 7.48. The number of ether oxygens (including phenoxy) is 1. The number of aliphatic hydroxyl groups excluding tert-OH is 1. The van der Waals surface area contributed by atoms with E-state index in [1.165, 1.54) is 6.92 Å². The SMILES string of the molecule is COC(=O)CS(=O)(=O)NCC(C)O. The van der Waals surface area contributed by atoms with Gasteiger partial charge >= 0.3 is 5.97 Å². The lowest BCUT2D eigenvalue weighted by Crippen LogP contribution is -2.35. The van der Waals surface area contributed by atoms with Crippen molar-refractivity contribution in [2.24, 2.45) is 0 Å². The van der Waals surface area contributed by atoms with Crippen molar-refractivity contribution in [3.63, 3.8) is 0 Å². The Bertz CT molecular complexity index is 258. The molecule has 0 aliphatic heterocycles. The summed E-state index contributed by atoms with van der Waals surface area (Å²) in [6, 6.07) is 0. The van der Waals surface area contributed by atoms with E-state index in [0.29, 0.717) is 0 Å². The number of methoxy groups -OCH3 is 1. The number of nitrogens with one attached hydrogen (secondary N) is 1. The average Bonchev–Trinajstić information content (AvgIpc) is 2.00. The van der Waals surface area contributed by atoms with Crippen LogP contribution in [0.4, 0.5) is 0 Å². The molecule has 0 rings (SSSR count). The van der Waals surface area contributed by atoms with Crippen LogP contribution in [0.3, 0.4) is 0 Å². The molecule has 0 fully saturated rings. The van der Waals surface area contributed by atoms with Crippen LogP contribution in [0.2, 0.25) is 0 Å². The molecule has 0 saturated carbocycles. The summed E-state index contributed by atoms with van der Waals surface area (Å²) in [5.41, 5.74) is 0. The highest BCUT2D eigenvalue weighted by molar-refractivity contribution is 7.90. The summed E-state index contributed by atoms with van der Waals surface area (Å²) in [5.74, 6) is -1.56. The van der Waals surface area contributed by atoms with Crippen molar-refractivity contribution in [3.05, 3.63) is 0 Å². The molecule has 0 aliphatic rings. The molecular weight excluding hydrogens is 198 g/mol. The van der Waals surface area contributed by atoms with E-state index in [2.05, 4.69) is 4.74 Å². The van der Waals surface area contributed by atoms with Gasteiger partial charge in [-0.3, -0.25) is 4.79 Å². The van der Waals surface area contributed by atoms with Crippen LogP contribution in [-0.2, 0) is 19.6 Å². The number of sulfonamides is 1. The van der Waals surface area contributed by atoms with E-state index in [-0.39, 0.29) is 6.54 Å². The number of hydrogen-bond acceptors (Lipinski definition) is 5. The molecule has 7 heteroatoms. The van der Waals surface area contributed by atoms with Crippen LogP contribution in [0.1, 0.15) is 6.92 Å². The molecule has 6 nitrogen and oxygen atoms in total. The fraction of sp³-hybridized carbons (Fsp3) is 0.833. The van der Waals surface area contributed by atoms with E-state index in [0.717, 1.165) is 7.11 Å². The Morgan fingerprint density at radius 2 is 2.15 bits per heavy atom. The van der Waals surface area contributed by atoms with Gasteiger partial charge in [-0.25, -0.2) is 13.1 Å². The van der Waals surface area contributed by atoms with Crippen LogP contribution in [0.25, 0.3) is 0 Å². The fourth-order valence-corrected chi connectivity index (χ4v) is 1.54. The zero-order chi connectivity index (χ0) is 10.5. The Morgan fingerprint density at radius 1 is 1.62 bits per heavy atom. The van der Waals surface area contributed by atoms with E-state index < -0.39 is 27.8 Å². The van der Waals surface area contributed by atoms with Gasteiger partial charge in [0.1, 0.15) is 0 Å². The summed E-state index contributed by atoms with van der Waals surface area (Å²) in [4.78, 5) is 10.6. The van der Waals surface area contributed by atoms with Gasteiger partial charge in [-0.1, -0.05) is 0 Å². The maximum atomic E-state index is 11.0. The first-order valence-electron chi connectivity index (χ1n) is 3.59. The third kappa shape index (κ3) is 6.50. The van der Waals surface area contributed by atoms with Crippen LogP contribution in [0.15, 0.2) is 0 Å². The molecular formula is C6H13NO5S. The van der Waals surface area contributed by atoms with Gasteiger partial charge in [-0.05, 0) is 6.92 Å².